The van der Waals surface area contributed by atoms with Crippen LogP contribution in [-0.2, 0) is 9.47 Å². The van der Waals surface area contributed by atoms with Crippen LogP contribution in [0.25, 0.3) is 0 Å². The van der Waals surface area contributed by atoms with Gasteiger partial charge in [0, 0.05) is 32.3 Å². The number of piperidine rings is 1. The van der Waals surface area contributed by atoms with E-state index < -0.39 is 11.6 Å². The van der Waals surface area contributed by atoms with Gasteiger partial charge in [0.15, 0.2) is 11.6 Å². The molecule has 0 amide bonds. The number of rotatable bonds is 8. The van der Waals surface area contributed by atoms with Gasteiger partial charge in [-0.05, 0) is 50.4 Å². The van der Waals surface area contributed by atoms with Gasteiger partial charge in [-0.1, -0.05) is 6.07 Å². The van der Waals surface area contributed by atoms with E-state index in [0.717, 1.165) is 32.4 Å². The Kier molecular flexibility index (Phi) is 7.22. The largest absolute Gasteiger partial charge is 0.382 e. The number of halogens is 2. The molecule has 0 spiro atoms. The van der Waals surface area contributed by atoms with Gasteiger partial charge in [0.05, 0.1) is 6.10 Å². The molecule has 1 aromatic carbocycles. The molecule has 1 N–H and O–H groups in total. The van der Waals surface area contributed by atoms with Crippen LogP contribution in [0.5, 0.6) is 0 Å². The van der Waals surface area contributed by atoms with Gasteiger partial charge >= 0.3 is 0 Å². The molecule has 2 atom stereocenters. The van der Waals surface area contributed by atoms with Gasteiger partial charge in [0.25, 0.3) is 0 Å². The van der Waals surface area contributed by atoms with Crippen molar-refractivity contribution in [1.29, 1.82) is 0 Å². The molecule has 0 saturated carbocycles. The van der Waals surface area contributed by atoms with Gasteiger partial charge in [-0.3, -0.25) is 0 Å². The highest BCUT2D eigenvalue weighted by atomic mass is 19.2. The Balaban J connectivity index is 2.01. The van der Waals surface area contributed by atoms with Crippen molar-refractivity contribution >= 4 is 0 Å². The van der Waals surface area contributed by atoms with E-state index in [2.05, 4.69) is 5.32 Å². The first-order valence-electron chi connectivity index (χ1n) is 8.07. The number of hydrogen-bond acceptors (Lipinski definition) is 3. The Bertz CT molecular complexity index is 450. The third-order valence-electron chi connectivity index (χ3n) is 3.97. The monoisotopic (exact) mass is 313 g/mol. The molecule has 5 heteroatoms. The topological polar surface area (TPSA) is 30.5 Å². The molecule has 3 nitrogen and oxygen atoms in total. The van der Waals surface area contributed by atoms with E-state index in [1.165, 1.54) is 12.1 Å². The van der Waals surface area contributed by atoms with Crippen molar-refractivity contribution in [2.75, 3.05) is 32.9 Å². The lowest BCUT2D eigenvalue weighted by Gasteiger charge is -2.31. The maximum Gasteiger partial charge on any atom is 0.159 e. The molecule has 0 aliphatic carbocycles. The summed E-state index contributed by atoms with van der Waals surface area (Å²) in [5.74, 6) is -1.35. The van der Waals surface area contributed by atoms with E-state index >= 15 is 0 Å². The maximum absolute atomic E-state index is 13.5. The van der Waals surface area contributed by atoms with Gasteiger partial charge in [-0.25, -0.2) is 8.78 Å². The maximum atomic E-state index is 13.5. The molecule has 0 bridgehead atoms. The molecule has 1 saturated heterocycles. The van der Waals surface area contributed by atoms with Crippen LogP contribution in [0.15, 0.2) is 18.2 Å². The zero-order valence-electron chi connectivity index (χ0n) is 13.1. The number of hydrogen-bond donors (Lipinski definition) is 1. The van der Waals surface area contributed by atoms with Crippen LogP contribution in [0, 0.1) is 17.6 Å². The summed E-state index contributed by atoms with van der Waals surface area (Å²) in [6.07, 6.45) is 2.70. The predicted octanol–water partition coefficient (Wildman–Crippen LogP) is 3.45. The molecule has 1 aromatic rings. The fourth-order valence-electron chi connectivity index (χ4n) is 2.85. The highest BCUT2D eigenvalue weighted by molar-refractivity contribution is 5.21. The van der Waals surface area contributed by atoms with Gasteiger partial charge in [-0.2, -0.15) is 0 Å². The summed E-state index contributed by atoms with van der Waals surface area (Å²) in [5.41, 5.74) is 0.712. The molecule has 124 valence electrons. The van der Waals surface area contributed by atoms with E-state index in [0.29, 0.717) is 25.4 Å². The first-order valence-corrected chi connectivity index (χ1v) is 8.07. The highest BCUT2D eigenvalue weighted by Crippen LogP contribution is 2.31. The van der Waals surface area contributed by atoms with E-state index in [9.17, 15) is 8.78 Å². The quantitative estimate of drug-likeness (QED) is 0.746. The minimum Gasteiger partial charge on any atom is -0.382 e. The van der Waals surface area contributed by atoms with Gasteiger partial charge in [-0.15, -0.1) is 0 Å². The number of benzene rings is 1. The third kappa shape index (κ3) is 5.00. The Labute approximate surface area is 131 Å². The van der Waals surface area contributed by atoms with Crippen molar-refractivity contribution in [2.45, 2.75) is 32.3 Å². The summed E-state index contributed by atoms with van der Waals surface area (Å²) in [5, 5.41) is 3.35. The Morgan fingerprint density at radius 2 is 2.14 bits per heavy atom. The van der Waals surface area contributed by atoms with E-state index in [-0.39, 0.29) is 12.0 Å². The predicted molar refractivity (Wildman–Crippen MR) is 81.8 cm³/mol. The molecule has 0 unspecified atom stereocenters. The van der Waals surface area contributed by atoms with E-state index in [1.54, 1.807) is 6.07 Å². The summed E-state index contributed by atoms with van der Waals surface area (Å²) in [7, 11) is 0. The van der Waals surface area contributed by atoms with Crippen LogP contribution < -0.4 is 5.32 Å². The third-order valence-corrected chi connectivity index (χ3v) is 3.97. The summed E-state index contributed by atoms with van der Waals surface area (Å²) in [4.78, 5) is 0. The second-order valence-electron chi connectivity index (χ2n) is 5.62. The molecule has 1 aliphatic rings. The summed E-state index contributed by atoms with van der Waals surface area (Å²) in [6, 6.07) is 4.06. The lowest BCUT2D eigenvalue weighted by atomic mass is 9.89. The summed E-state index contributed by atoms with van der Waals surface area (Å²) in [6.45, 7) is 5.71. The zero-order valence-corrected chi connectivity index (χ0v) is 13.1. The van der Waals surface area contributed by atoms with Crippen LogP contribution in [0.2, 0.25) is 0 Å². The van der Waals surface area contributed by atoms with Crippen molar-refractivity contribution < 1.29 is 18.3 Å². The fourth-order valence-corrected chi connectivity index (χ4v) is 2.85. The first kappa shape index (κ1) is 17.3. The van der Waals surface area contributed by atoms with Crippen LogP contribution in [0.3, 0.4) is 0 Å². The Hall–Kier alpha value is -1.04. The van der Waals surface area contributed by atoms with Gasteiger partial charge < -0.3 is 14.8 Å². The van der Waals surface area contributed by atoms with E-state index in [1.807, 2.05) is 6.92 Å². The van der Waals surface area contributed by atoms with Crippen molar-refractivity contribution in [1.82, 2.24) is 5.32 Å². The molecule has 1 heterocycles. The summed E-state index contributed by atoms with van der Waals surface area (Å²) >= 11 is 0. The minimum atomic E-state index is -0.819. The molecular formula is C17H25F2NO2. The number of nitrogens with one attached hydrogen (secondary N) is 1. The second kappa shape index (κ2) is 9.18. The highest BCUT2D eigenvalue weighted by Gasteiger charge is 2.26. The van der Waals surface area contributed by atoms with Crippen LogP contribution >= 0.6 is 0 Å². The van der Waals surface area contributed by atoms with Crippen molar-refractivity contribution in [2.24, 2.45) is 5.92 Å². The average Bonchev–Trinajstić information content (AvgIpc) is 2.55. The molecule has 2 rings (SSSR count). The van der Waals surface area contributed by atoms with Gasteiger partial charge in [0.2, 0.25) is 0 Å². The molecule has 1 fully saturated rings. The zero-order chi connectivity index (χ0) is 15.8. The summed E-state index contributed by atoms with van der Waals surface area (Å²) < 4.78 is 38.0. The van der Waals surface area contributed by atoms with Crippen molar-refractivity contribution in [3.05, 3.63) is 35.4 Å². The van der Waals surface area contributed by atoms with Crippen LogP contribution in [0.1, 0.15) is 37.9 Å². The molecule has 0 aromatic heterocycles. The van der Waals surface area contributed by atoms with E-state index in [4.69, 9.17) is 9.47 Å². The minimum absolute atomic E-state index is 0.204. The van der Waals surface area contributed by atoms with Gasteiger partial charge in [0.1, 0.15) is 0 Å². The smallest absolute Gasteiger partial charge is 0.159 e. The molecule has 1 aliphatic heterocycles. The molecular weight excluding hydrogens is 288 g/mol. The Morgan fingerprint density at radius 1 is 1.27 bits per heavy atom. The lowest BCUT2D eigenvalue weighted by molar-refractivity contribution is -0.00739. The van der Waals surface area contributed by atoms with Crippen molar-refractivity contribution in [3.63, 3.8) is 0 Å². The fraction of sp³-hybridized carbons (Fsp3) is 0.647. The Morgan fingerprint density at radius 3 is 2.82 bits per heavy atom. The molecule has 0 radical (unpaired) electrons. The van der Waals surface area contributed by atoms with Crippen LogP contribution in [-0.4, -0.2) is 32.9 Å². The lowest BCUT2D eigenvalue weighted by Crippen LogP contribution is -2.34. The second-order valence-corrected chi connectivity index (χ2v) is 5.62. The average molecular weight is 313 g/mol. The normalized spacial score (nSPS) is 20.0. The standard InChI is InChI=1S/C17H25F2NO2/c1-2-21-9-4-10-22-17(14-5-3-8-20-12-14)13-6-7-15(18)16(19)11-13/h6-7,11,14,17,20H,2-5,8-10,12H2,1H3/t14-,17+/m1/s1. The van der Waals surface area contributed by atoms with Crippen molar-refractivity contribution in [3.8, 4) is 0 Å². The first-order chi connectivity index (χ1) is 10.7. The number of ether oxygens (including phenoxy) is 2. The molecule has 22 heavy (non-hydrogen) atoms. The SMILES string of the molecule is CCOCCCO[C@@H](c1ccc(F)c(F)c1)[C@@H]1CCCNC1. The van der Waals surface area contributed by atoms with Crippen LogP contribution in [0.4, 0.5) is 8.78 Å².